The number of aromatic amines is 1. The number of thiophene rings is 1. The number of nitriles is 1. The first-order valence-corrected chi connectivity index (χ1v) is 7.82. The molecule has 0 spiro atoms. The number of nitrogens with one attached hydrogen (secondary N) is 1. The molecule has 0 fully saturated rings. The van der Waals surface area contributed by atoms with E-state index in [0.717, 1.165) is 22.4 Å². The van der Waals surface area contributed by atoms with Gasteiger partial charge in [0.05, 0.1) is 17.2 Å². The van der Waals surface area contributed by atoms with Gasteiger partial charge in [0.1, 0.15) is 11.6 Å². The summed E-state index contributed by atoms with van der Waals surface area (Å²) in [6.45, 7) is 0. The number of pyridine rings is 1. The molecule has 0 amide bonds. The summed E-state index contributed by atoms with van der Waals surface area (Å²) < 4.78 is 5.54. The van der Waals surface area contributed by atoms with Gasteiger partial charge in [-0.25, -0.2) is 0 Å². The van der Waals surface area contributed by atoms with Crippen LogP contribution in [0.4, 0.5) is 0 Å². The number of rotatable bonds is 2. The molecule has 0 aliphatic carbocycles. The first kappa shape index (κ1) is 13.5. The zero-order chi connectivity index (χ0) is 15.8. The van der Waals surface area contributed by atoms with E-state index >= 15 is 0 Å². The van der Waals surface area contributed by atoms with Gasteiger partial charge in [0.15, 0.2) is 0 Å². The summed E-state index contributed by atoms with van der Waals surface area (Å²) in [6, 6.07) is 7.94. The molecule has 3 aromatic rings. The molecule has 6 nitrogen and oxygen atoms in total. The minimum absolute atomic E-state index is 0.0976. The number of hydrogen-bond acceptors (Lipinski definition) is 6. The van der Waals surface area contributed by atoms with Crippen LogP contribution in [0.1, 0.15) is 17.0 Å². The third kappa shape index (κ3) is 2.08. The number of H-pyrrole nitrogens is 1. The van der Waals surface area contributed by atoms with E-state index in [1.165, 1.54) is 0 Å². The summed E-state index contributed by atoms with van der Waals surface area (Å²) in [5, 5.41) is 20.7. The lowest BCUT2D eigenvalue weighted by Gasteiger charge is -2.23. The average Bonchev–Trinajstić information content (AvgIpc) is 3.24. The molecule has 7 heteroatoms. The van der Waals surface area contributed by atoms with E-state index in [0.29, 0.717) is 11.5 Å². The molecule has 0 bridgehead atoms. The molecule has 1 atom stereocenters. The van der Waals surface area contributed by atoms with E-state index in [2.05, 4.69) is 21.3 Å². The lowest BCUT2D eigenvalue weighted by molar-refractivity contribution is 0.379. The number of nitrogens with two attached hydrogens (primary N) is 1. The number of aromatic nitrogens is 3. The molecule has 0 aromatic carbocycles. The van der Waals surface area contributed by atoms with Crippen LogP contribution in [0.15, 0.2) is 52.8 Å². The monoisotopic (exact) mass is 321 g/mol. The minimum atomic E-state index is -0.302. The summed E-state index contributed by atoms with van der Waals surface area (Å²) in [6.07, 6.45) is 3.45. The van der Waals surface area contributed by atoms with Gasteiger partial charge in [-0.2, -0.15) is 16.6 Å². The van der Waals surface area contributed by atoms with Crippen LogP contribution in [0.3, 0.4) is 0 Å². The third-order valence-corrected chi connectivity index (χ3v) is 4.47. The Balaban J connectivity index is 1.96. The van der Waals surface area contributed by atoms with Crippen LogP contribution in [-0.2, 0) is 0 Å². The second kappa shape index (κ2) is 5.26. The van der Waals surface area contributed by atoms with Gasteiger partial charge in [-0.3, -0.25) is 10.1 Å². The van der Waals surface area contributed by atoms with Gasteiger partial charge in [-0.1, -0.05) is 0 Å². The van der Waals surface area contributed by atoms with Crippen molar-refractivity contribution < 1.29 is 4.74 Å². The number of allylic oxidation sites excluding steroid dienone is 1. The van der Waals surface area contributed by atoms with Crippen molar-refractivity contribution in [2.45, 2.75) is 5.92 Å². The Morgan fingerprint density at radius 3 is 3.00 bits per heavy atom. The van der Waals surface area contributed by atoms with Crippen LogP contribution < -0.4 is 10.5 Å². The van der Waals surface area contributed by atoms with Crippen molar-refractivity contribution >= 4 is 11.3 Å². The molecule has 112 valence electrons. The van der Waals surface area contributed by atoms with Gasteiger partial charge >= 0.3 is 0 Å². The molecular formula is C16H11N5OS. The Labute approximate surface area is 135 Å². The molecule has 0 radical (unpaired) electrons. The van der Waals surface area contributed by atoms with Gasteiger partial charge < -0.3 is 10.5 Å². The van der Waals surface area contributed by atoms with Crippen molar-refractivity contribution in [1.82, 2.24) is 15.2 Å². The Hall–Kier alpha value is -3.11. The van der Waals surface area contributed by atoms with Crippen LogP contribution in [0.25, 0.3) is 11.3 Å². The highest BCUT2D eigenvalue weighted by Gasteiger charge is 2.35. The standard InChI is InChI=1S/C16H11N5OS/c17-6-11-12(10-3-5-23-8-10)13-14(9-2-1-4-19-7-9)20-21-16(13)22-15(11)18/h1-5,7-8,12H,18H2,(H,20,21)/t12-/m1/s1. The van der Waals surface area contributed by atoms with E-state index in [1.54, 1.807) is 23.7 Å². The highest BCUT2D eigenvalue weighted by molar-refractivity contribution is 7.08. The van der Waals surface area contributed by atoms with E-state index in [1.807, 2.05) is 29.0 Å². The van der Waals surface area contributed by atoms with Crippen molar-refractivity contribution in [3.63, 3.8) is 0 Å². The van der Waals surface area contributed by atoms with E-state index in [9.17, 15) is 5.26 Å². The zero-order valence-electron chi connectivity index (χ0n) is 11.9. The zero-order valence-corrected chi connectivity index (χ0v) is 12.7. The quantitative estimate of drug-likeness (QED) is 0.756. The highest BCUT2D eigenvalue weighted by Crippen LogP contribution is 2.45. The first-order chi connectivity index (χ1) is 11.3. The molecular weight excluding hydrogens is 310 g/mol. The largest absolute Gasteiger partial charge is 0.420 e. The molecule has 1 aliphatic rings. The van der Waals surface area contributed by atoms with Crippen LogP contribution in [0.2, 0.25) is 0 Å². The molecule has 4 rings (SSSR count). The summed E-state index contributed by atoms with van der Waals surface area (Å²) in [7, 11) is 0. The summed E-state index contributed by atoms with van der Waals surface area (Å²) in [5.74, 6) is 0.195. The molecule has 0 saturated carbocycles. The maximum atomic E-state index is 9.55. The van der Waals surface area contributed by atoms with Crippen molar-refractivity contribution in [3.8, 4) is 23.2 Å². The van der Waals surface area contributed by atoms with Crippen LogP contribution in [-0.4, -0.2) is 15.2 Å². The fraction of sp³-hybridized carbons (Fsp3) is 0.0625. The lowest BCUT2D eigenvalue weighted by Crippen LogP contribution is -2.20. The molecule has 0 saturated heterocycles. The predicted octanol–water partition coefficient (Wildman–Crippen LogP) is 2.75. The van der Waals surface area contributed by atoms with Gasteiger partial charge in [0.25, 0.3) is 0 Å². The summed E-state index contributed by atoms with van der Waals surface area (Å²) >= 11 is 1.57. The average molecular weight is 321 g/mol. The van der Waals surface area contributed by atoms with Crippen LogP contribution in [0, 0.1) is 11.3 Å². The first-order valence-electron chi connectivity index (χ1n) is 6.88. The Morgan fingerprint density at radius 2 is 2.30 bits per heavy atom. The van der Waals surface area contributed by atoms with Gasteiger partial charge in [0, 0.05) is 18.0 Å². The van der Waals surface area contributed by atoms with Crippen LogP contribution >= 0.6 is 11.3 Å². The summed E-state index contributed by atoms with van der Waals surface area (Å²) in [5.41, 5.74) is 9.77. The lowest BCUT2D eigenvalue weighted by atomic mass is 9.84. The fourth-order valence-electron chi connectivity index (χ4n) is 2.75. The minimum Gasteiger partial charge on any atom is -0.420 e. The maximum Gasteiger partial charge on any atom is 0.244 e. The topological polar surface area (TPSA) is 101 Å². The maximum absolute atomic E-state index is 9.55. The second-order valence-electron chi connectivity index (χ2n) is 5.04. The number of hydrogen-bond donors (Lipinski definition) is 2. The Bertz CT molecular complexity index is 921. The number of fused-ring (bicyclic) bond motifs is 1. The molecule has 3 aromatic heterocycles. The van der Waals surface area contributed by atoms with Crippen molar-refractivity contribution in [3.05, 3.63) is 63.9 Å². The number of ether oxygens (including phenoxy) is 1. The van der Waals surface area contributed by atoms with E-state index in [4.69, 9.17) is 10.5 Å². The van der Waals surface area contributed by atoms with E-state index in [-0.39, 0.29) is 11.8 Å². The molecule has 1 aliphatic heterocycles. The molecule has 3 N–H and O–H groups in total. The van der Waals surface area contributed by atoms with E-state index < -0.39 is 0 Å². The Morgan fingerprint density at radius 1 is 1.39 bits per heavy atom. The summed E-state index contributed by atoms with van der Waals surface area (Å²) in [4.78, 5) is 4.14. The number of nitrogens with zero attached hydrogens (tertiary/aromatic N) is 3. The molecule has 0 unspecified atom stereocenters. The van der Waals surface area contributed by atoms with Gasteiger partial charge in [0.2, 0.25) is 11.8 Å². The smallest absolute Gasteiger partial charge is 0.244 e. The van der Waals surface area contributed by atoms with Crippen molar-refractivity contribution in [1.29, 1.82) is 5.26 Å². The third-order valence-electron chi connectivity index (χ3n) is 3.77. The van der Waals surface area contributed by atoms with Crippen molar-refractivity contribution in [2.24, 2.45) is 5.73 Å². The van der Waals surface area contributed by atoms with Gasteiger partial charge in [-0.15, -0.1) is 5.10 Å². The SMILES string of the molecule is N#CC1=C(N)Oc2n[nH]c(-c3cccnc3)c2[C@@H]1c1ccsc1. The fourth-order valence-corrected chi connectivity index (χ4v) is 3.43. The molecule has 4 heterocycles. The van der Waals surface area contributed by atoms with Crippen LogP contribution in [0.5, 0.6) is 5.88 Å². The highest BCUT2D eigenvalue weighted by atomic mass is 32.1. The molecule has 23 heavy (non-hydrogen) atoms. The van der Waals surface area contributed by atoms with Crippen molar-refractivity contribution in [2.75, 3.05) is 0 Å². The predicted molar refractivity (Wildman–Crippen MR) is 85.4 cm³/mol. The second-order valence-corrected chi connectivity index (χ2v) is 5.82. The Kier molecular flexibility index (Phi) is 3.10. The van der Waals surface area contributed by atoms with Gasteiger partial charge in [-0.05, 0) is 34.5 Å². The normalized spacial score (nSPS) is 16.6.